The van der Waals surface area contributed by atoms with Crippen LogP contribution < -0.4 is 31.9 Å². The lowest BCUT2D eigenvalue weighted by Crippen LogP contribution is -2.48. The van der Waals surface area contributed by atoms with Crippen molar-refractivity contribution in [2.75, 3.05) is 101 Å². The molecular formula is C73H103N10O29P4S4+. The van der Waals surface area contributed by atoms with E-state index in [1.807, 2.05) is 78.8 Å². The molecule has 4 amide bonds. The highest BCUT2D eigenvalue weighted by Crippen LogP contribution is 2.66. The van der Waals surface area contributed by atoms with E-state index >= 15 is 0 Å². The van der Waals surface area contributed by atoms with E-state index in [1.165, 1.54) is 62.9 Å². The van der Waals surface area contributed by atoms with E-state index < -0.39 is 93.4 Å². The van der Waals surface area contributed by atoms with Crippen LogP contribution in [0.3, 0.4) is 0 Å². The maximum atomic E-state index is 13.5. The van der Waals surface area contributed by atoms with Crippen LogP contribution in [0.15, 0.2) is 119 Å². The number of unbranched alkanes of at least 4 members (excludes halogenated alkanes) is 2. The molecule has 3 aromatic carbocycles. The van der Waals surface area contributed by atoms with E-state index in [-0.39, 0.29) is 83.1 Å². The number of benzene rings is 3. The Kier molecular flexibility index (Phi) is 38.1. The van der Waals surface area contributed by atoms with Crippen molar-refractivity contribution >= 4 is 131 Å². The summed E-state index contributed by atoms with van der Waals surface area (Å²) in [5, 5.41) is 22.3. The molecule has 6 atom stereocenters. The molecule has 8 rings (SSSR count). The number of phosphoric ester groups is 2. The normalized spacial score (nSPS) is 18.1. The smallest absolute Gasteiger partial charge is 0.390 e. The number of hydrogen-bond acceptors (Lipinski definition) is 27. The maximum absolute atomic E-state index is 13.5. The van der Waals surface area contributed by atoms with Gasteiger partial charge in [-0.15, -0.1) is 0 Å². The number of hydrogen-bond donors (Lipinski definition) is 14. The minimum Gasteiger partial charge on any atom is -0.390 e. The Morgan fingerprint density at radius 2 is 1.39 bits per heavy atom. The molecule has 0 saturated carbocycles. The van der Waals surface area contributed by atoms with Crippen molar-refractivity contribution in [2.24, 2.45) is 0 Å². The Morgan fingerprint density at radius 3 is 2.06 bits per heavy atom. The zero-order valence-corrected chi connectivity index (χ0v) is 73.7. The van der Waals surface area contributed by atoms with Crippen molar-refractivity contribution in [2.45, 2.75) is 152 Å². The van der Waals surface area contributed by atoms with Crippen molar-refractivity contribution in [1.29, 1.82) is 0 Å². The van der Waals surface area contributed by atoms with Crippen molar-refractivity contribution < 1.29 is 139 Å². The fourth-order valence-electron chi connectivity index (χ4n) is 12.8. The van der Waals surface area contributed by atoms with Gasteiger partial charge in [-0.1, -0.05) is 77.6 Å². The second-order valence-corrected chi connectivity index (χ2v) is 39.1. The molecule has 1 saturated heterocycles. The number of aliphatic hydroxyl groups is 1. The number of carbonyl (C=O) groups is 4. The molecule has 15 N–H and O–H groups in total. The third-order valence-corrected chi connectivity index (χ3v) is 26.9. The minimum absolute atomic E-state index is 0.0310. The summed E-state index contributed by atoms with van der Waals surface area (Å²) >= 11 is 0. The molecule has 2 aromatic heterocycles. The van der Waals surface area contributed by atoms with E-state index in [4.69, 9.17) is 44.3 Å². The number of amides is 4. The van der Waals surface area contributed by atoms with E-state index in [0.717, 1.165) is 28.3 Å². The fraction of sp³-hybridized carbons (Fsp3) is 0.493. The Labute approximate surface area is 703 Å². The SMILES string of the molecule is CCOCCCNC(=O)C(CSSCCC(=O)NCC#Cc1cn([C@H]2CC(O)[C@@H](COP(=O)(O)OP(=O)(O)OP(=O)(O)O)O2)c2ncnc(N)c12)NC(=O)CCCCC[N+]1=C(C=CC=CC=C2N(CC)c3ccc(S(=O)(=O)O)cc3C2(C)C)C(C)(C)c2cc(S(=O)(=O)O)ccc21.CCOCCOCCCNC(=O)c1ccc(COP(=O)(O)O)cc1. The molecule has 3 aliphatic heterocycles. The van der Waals surface area contributed by atoms with Crippen LogP contribution in [0.5, 0.6) is 0 Å². The molecule has 5 aromatic rings. The molecular weight excluding hydrogens is 1730 g/mol. The first-order valence-corrected chi connectivity index (χ1v) is 49.1. The molecule has 120 heavy (non-hydrogen) atoms. The topological polar surface area (TPSA) is 572 Å². The second kappa shape index (κ2) is 45.6. The fourth-order valence-corrected chi connectivity index (χ4v) is 19.3. The molecule has 662 valence electrons. The molecule has 0 bridgehead atoms. The lowest BCUT2D eigenvalue weighted by Gasteiger charge is -2.25. The Bertz CT molecular complexity index is 5050. The summed E-state index contributed by atoms with van der Waals surface area (Å²) in [6, 6.07) is 14.5. The number of phosphoric acid groups is 4. The number of nitrogens with two attached hydrogens (primary N) is 1. The lowest BCUT2D eigenvalue weighted by atomic mass is 9.81. The van der Waals surface area contributed by atoms with Crippen LogP contribution in [0.4, 0.5) is 17.2 Å². The van der Waals surface area contributed by atoms with Gasteiger partial charge >= 0.3 is 31.3 Å². The summed E-state index contributed by atoms with van der Waals surface area (Å²) in [4.78, 5) is 116. The average molecular weight is 1840 g/mol. The maximum Gasteiger partial charge on any atom is 0.490 e. The number of nitrogen functional groups attached to an aromatic ring is 1. The number of likely N-dealkylation sites (N-methyl/N-ethyl adjacent to an activating group) is 1. The summed E-state index contributed by atoms with van der Waals surface area (Å²) in [7, 11) is -27.7. The summed E-state index contributed by atoms with van der Waals surface area (Å²) in [5.41, 5.74) is 11.2. The van der Waals surface area contributed by atoms with Crippen LogP contribution in [0.2, 0.25) is 0 Å². The highest BCUT2D eigenvalue weighted by atomic mass is 33.1. The predicted molar refractivity (Wildman–Crippen MR) is 446 cm³/mol. The van der Waals surface area contributed by atoms with Gasteiger partial charge in [0.15, 0.2) is 5.71 Å². The first-order chi connectivity index (χ1) is 56.4. The standard InChI is InChI=1S/C58H78N9O22P3S4.C15H24NO7P/c1-7-65-44-23-21-39(95(79,80)81)31-41(44)57(3,4)48(65)18-11-9-12-19-49-58(5,6)42-32-40(96(82,83)84)22-24-45(42)66(49)28-14-10-13-20-51(70)64-43(56(71)61-27-16-29-85-8-2)36-94-93-30-25-50(69)60-26-15-17-38-34-67(55-53(38)54(59)62-37-63-55)52-33-46(68)47(87-52)35-86-91(75,76)89-92(77,78)88-90(72,73)74;1-2-21-10-11-22-9-3-8-16-15(17)14-6-4-13(5-7-14)12-23-24(18,19)20/h9,11-12,18-19,21-24,31-32,34,37,43,46-47,52,68H,7-8,10,13-14,16,20,25-30,33,35-36H2,1-6H3,(H10-,59,60,61,62,63,64,69,70,71,72,73,74,75,76,77,78,79,80,81,82,83,84);4-7H,2-3,8-12H2,1H3,(H,16,17)(H2,18,19,20)/p+1/t43?,46?,47-,52-;/m1./s1. The van der Waals surface area contributed by atoms with Gasteiger partial charge in [0.1, 0.15) is 42.7 Å². The van der Waals surface area contributed by atoms with Gasteiger partial charge in [0.05, 0.1) is 65.2 Å². The number of aromatic nitrogens is 3. The predicted octanol–water partition coefficient (Wildman–Crippen LogP) is 7.69. The number of carbonyl (C=O) groups excluding carboxylic acids is 4. The van der Waals surface area contributed by atoms with Gasteiger partial charge in [0.25, 0.3) is 26.1 Å². The summed E-state index contributed by atoms with van der Waals surface area (Å²) in [6.45, 7) is 17.6. The number of aliphatic hydroxyl groups excluding tert-OH is 1. The van der Waals surface area contributed by atoms with Crippen molar-refractivity contribution in [1.82, 2.24) is 35.8 Å². The third-order valence-electron chi connectivity index (χ3n) is 18.5. The van der Waals surface area contributed by atoms with Crippen LogP contribution in [-0.2, 0) is 107 Å². The average Bonchev–Trinajstić information content (AvgIpc) is 1.60. The van der Waals surface area contributed by atoms with Gasteiger partial charge in [-0.2, -0.15) is 30.0 Å². The van der Waals surface area contributed by atoms with Gasteiger partial charge < -0.3 is 89.9 Å². The van der Waals surface area contributed by atoms with E-state index in [1.54, 1.807) is 36.4 Å². The number of nitrogens with one attached hydrogen (secondary N) is 4. The lowest BCUT2D eigenvalue weighted by molar-refractivity contribution is -0.438. The van der Waals surface area contributed by atoms with Gasteiger partial charge in [-0.3, -0.25) is 37.3 Å². The van der Waals surface area contributed by atoms with Crippen LogP contribution in [0, 0.1) is 11.8 Å². The molecule has 0 spiro atoms. The van der Waals surface area contributed by atoms with Crippen LogP contribution in [-0.4, -0.2) is 218 Å². The number of allylic oxidation sites excluding steroid dienone is 6. The molecule has 1 fully saturated rings. The number of nitrogens with zero attached hydrogens (tertiary/aromatic N) is 5. The van der Waals surface area contributed by atoms with Gasteiger partial charge in [0, 0.05) is 130 Å². The quantitative estimate of drug-likeness (QED) is 0.00337. The van der Waals surface area contributed by atoms with Gasteiger partial charge in [0.2, 0.25) is 23.4 Å². The molecule has 4 unspecified atom stereocenters. The second-order valence-electron chi connectivity index (χ2n) is 27.9. The highest BCUT2D eigenvalue weighted by molar-refractivity contribution is 8.76. The molecule has 0 aliphatic carbocycles. The van der Waals surface area contributed by atoms with Gasteiger partial charge in [-0.25, -0.2) is 28.2 Å². The first kappa shape index (κ1) is 100. The van der Waals surface area contributed by atoms with E-state index in [9.17, 15) is 78.3 Å². The Morgan fingerprint density at radius 1 is 0.733 bits per heavy atom. The van der Waals surface area contributed by atoms with Crippen molar-refractivity contribution in [3.8, 4) is 11.8 Å². The first-order valence-electron chi connectivity index (χ1n) is 37.7. The number of fused-ring (bicyclic) bond motifs is 3. The molecule has 0 radical (unpaired) electrons. The van der Waals surface area contributed by atoms with Crippen LogP contribution in [0.25, 0.3) is 11.0 Å². The Hall–Kier alpha value is -6.95. The van der Waals surface area contributed by atoms with Crippen LogP contribution >= 0.6 is 52.9 Å². The summed E-state index contributed by atoms with van der Waals surface area (Å²) in [5.74, 6) is 5.04. The molecule has 5 heterocycles. The van der Waals surface area contributed by atoms with Gasteiger partial charge in [-0.05, 0) is 120 Å². The Balaban J connectivity index is 0.000000709. The highest BCUT2D eigenvalue weighted by Gasteiger charge is 2.47. The van der Waals surface area contributed by atoms with Crippen LogP contribution in [0.1, 0.15) is 139 Å². The number of rotatable bonds is 46. The number of ether oxygens (including phenoxy) is 4. The summed E-state index contributed by atoms with van der Waals surface area (Å²) in [6.07, 6.45) is 11.5. The van der Waals surface area contributed by atoms with E-state index in [2.05, 4.69) is 70.2 Å². The minimum atomic E-state index is -5.79. The monoisotopic (exact) mass is 1840 g/mol. The molecule has 39 nitrogen and oxygen atoms in total. The summed E-state index contributed by atoms with van der Waals surface area (Å²) < 4.78 is 156. The van der Waals surface area contributed by atoms with Crippen molar-refractivity contribution in [3.05, 3.63) is 137 Å². The zero-order chi connectivity index (χ0) is 88.4. The molecule has 3 aliphatic rings. The van der Waals surface area contributed by atoms with Crippen molar-refractivity contribution in [3.63, 3.8) is 0 Å². The van der Waals surface area contributed by atoms with E-state index in [0.29, 0.717) is 131 Å². The largest absolute Gasteiger partial charge is 0.490 e. The number of anilines is 2. The zero-order valence-electron chi connectivity index (χ0n) is 66.8. The third kappa shape index (κ3) is 30.8. The molecule has 47 heteroatoms.